The largest absolute Gasteiger partial charge is 0.416 e. The first kappa shape index (κ1) is 16.4. The second kappa shape index (κ2) is 5.64. The molecule has 118 valence electrons. The Hall–Kier alpha value is -2.02. The molecule has 0 unspecified atom stereocenters. The average Bonchev–Trinajstić information content (AvgIpc) is 2.40. The minimum Gasteiger partial charge on any atom is -0.279 e. The molecule has 7 heteroatoms. The van der Waals surface area contributed by atoms with Gasteiger partial charge in [-0.1, -0.05) is 23.8 Å². The third kappa shape index (κ3) is 3.41. The minimum absolute atomic E-state index is 0.00471. The average molecular weight is 329 g/mol. The van der Waals surface area contributed by atoms with E-state index in [0.717, 1.165) is 11.6 Å². The van der Waals surface area contributed by atoms with Crippen molar-refractivity contribution in [2.45, 2.75) is 24.9 Å². The first-order chi connectivity index (χ1) is 10.1. The molecule has 0 amide bonds. The van der Waals surface area contributed by atoms with Gasteiger partial charge in [-0.25, -0.2) is 8.42 Å². The number of anilines is 1. The van der Waals surface area contributed by atoms with Crippen molar-refractivity contribution >= 4 is 15.7 Å². The summed E-state index contributed by atoms with van der Waals surface area (Å²) >= 11 is 0. The molecule has 3 nitrogen and oxygen atoms in total. The fourth-order valence-electron chi connectivity index (χ4n) is 1.97. The van der Waals surface area contributed by atoms with E-state index in [1.54, 1.807) is 19.1 Å². The smallest absolute Gasteiger partial charge is 0.279 e. The first-order valence-electron chi connectivity index (χ1n) is 6.37. The van der Waals surface area contributed by atoms with Gasteiger partial charge in [-0.15, -0.1) is 0 Å². The van der Waals surface area contributed by atoms with Gasteiger partial charge in [0, 0.05) is 0 Å². The quantitative estimate of drug-likeness (QED) is 0.920. The van der Waals surface area contributed by atoms with Gasteiger partial charge in [0.15, 0.2) is 0 Å². The second-order valence-corrected chi connectivity index (χ2v) is 6.58. The topological polar surface area (TPSA) is 46.2 Å². The predicted octanol–water partition coefficient (Wildman–Crippen LogP) is 4.12. The van der Waals surface area contributed by atoms with Crippen LogP contribution in [0.3, 0.4) is 0 Å². The summed E-state index contributed by atoms with van der Waals surface area (Å²) in [5, 5.41) is 0. The van der Waals surface area contributed by atoms with Crippen LogP contribution in [0.2, 0.25) is 0 Å². The van der Waals surface area contributed by atoms with Gasteiger partial charge in [-0.3, -0.25) is 4.72 Å². The van der Waals surface area contributed by atoms with Crippen molar-refractivity contribution in [3.63, 3.8) is 0 Å². The van der Waals surface area contributed by atoms with Crippen LogP contribution in [0.1, 0.15) is 16.7 Å². The molecule has 0 saturated carbocycles. The molecule has 0 radical (unpaired) electrons. The summed E-state index contributed by atoms with van der Waals surface area (Å²) in [5.74, 6) is 0. The molecule has 0 fully saturated rings. The van der Waals surface area contributed by atoms with E-state index in [4.69, 9.17) is 0 Å². The summed E-state index contributed by atoms with van der Waals surface area (Å²) in [5.41, 5.74) is -0.230. The van der Waals surface area contributed by atoms with Crippen LogP contribution >= 0.6 is 0 Å². The zero-order valence-electron chi connectivity index (χ0n) is 11.9. The van der Waals surface area contributed by atoms with Gasteiger partial charge >= 0.3 is 6.18 Å². The zero-order chi connectivity index (χ0) is 16.5. The SMILES string of the molecule is Cc1ccc(S(=O)(=O)Nc2cccc(C(F)(F)F)c2C)cc1. The van der Waals surface area contributed by atoms with Crippen LogP contribution in [0, 0.1) is 13.8 Å². The van der Waals surface area contributed by atoms with E-state index in [9.17, 15) is 21.6 Å². The molecule has 0 aliphatic rings. The summed E-state index contributed by atoms with van der Waals surface area (Å²) in [6.45, 7) is 3.04. The van der Waals surface area contributed by atoms with Crippen LogP contribution in [0.15, 0.2) is 47.4 Å². The molecule has 0 heterocycles. The number of benzene rings is 2. The molecular formula is C15H14F3NO2S. The highest BCUT2D eigenvalue weighted by atomic mass is 32.2. The molecule has 0 spiro atoms. The highest BCUT2D eigenvalue weighted by molar-refractivity contribution is 7.92. The Morgan fingerprint density at radius 1 is 0.955 bits per heavy atom. The highest BCUT2D eigenvalue weighted by Crippen LogP contribution is 2.35. The number of aryl methyl sites for hydroxylation is 1. The van der Waals surface area contributed by atoms with Gasteiger partial charge in [-0.05, 0) is 43.7 Å². The minimum atomic E-state index is -4.53. The number of hydrogen-bond acceptors (Lipinski definition) is 2. The number of halogens is 3. The van der Waals surface area contributed by atoms with Gasteiger partial charge in [0.2, 0.25) is 0 Å². The standard InChI is InChI=1S/C15H14F3NO2S/c1-10-6-8-12(9-7-10)22(20,21)19-14-5-3-4-13(11(14)2)15(16,17)18/h3-9,19H,1-2H3. The Bertz CT molecular complexity index is 781. The molecule has 2 aromatic rings. The fraction of sp³-hybridized carbons (Fsp3) is 0.200. The molecule has 0 aromatic heterocycles. The Balaban J connectivity index is 2.40. The Morgan fingerprint density at radius 3 is 2.09 bits per heavy atom. The normalized spacial score (nSPS) is 12.2. The lowest BCUT2D eigenvalue weighted by Crippen LogP contribution is -2.16. The molecule has 2 aromatic carbocycles. The van der Waals surface area contributed by atoms with Crippen LogP contribution in [-0.2, 0) is 16.2 Å². The number of rotatable bonds is 3. The van der Waals surface area contributed by atoms with Crippen molar-refractivity contribution in [2.24, 2.45) is 0 Å². The summed E-state index contributed by atoms with van der Waals surface area (Å²) in [4.78, 5) is -0.00471. The molecule has 0 aliphatic carbocycles. The zero-order valence-corrected chi connectivity index (χ0v) is 12.7. The summed E-state index contributed by atoms with van der Waals surface area (Å²) in [6, 6.07) is 9.43. The Labute approximate surface area is 126 Å². The summed E-state index contributed by atoms with van der Waals surface area (Å²) in [7, 11) is -3.93. The summed E-state index contributed by atoms with van der Waals surface area (Å²) < 4.78 is 65.2. The number of sulfonamides is 1. The van der Waals surface area contributed by atoms with E-state index in [1.807, 2.05) is 0 Å². The Morgan fingerprint density at radius 2 is 1.55 bits per heavy atom. The third-order valence-corrected chi connectivity index (χ3v) is 4.60. The molecule has 0 atom stereocenters. The van der Waals surface area contributed by atoms with Crippen molar-refractivity contribution < 1.29 is 21.6 Å². The monoisotopic (exact) mass is 329 g/mol. The Kier molecular flexibility index (Phi) is 4.19. The van der Waals surface area contributed by atoms with Crippen molar-refractivity contribution in [1.29, 1.82) is 0 Å². The molecule has 0 bridgehead atoms. The van der Waals surface area contributed by atoms with Crippen LogP contribution in [0.25, 0.3) is 0 Å². The highest BCUT2D eigenvalue weighted by Gasteiger charge is 2.33. The molecule has 2 rings (SSSR count). The van der Waals surface area contributed by atoms with E-state index in [0.29, 0.717) is 0 Å². The van der Waals surface area contributed by atoms with Gasteiger partial charge in [0.25, 0.3) is 10.0 Å². The fourth-order valence-corrected chi connectivity index (χ4v) is 3.10. The molecule has 0 saturated heterocycles. The van der Waals surface area contributed by atoms with Crippen molar-refractivity contribution in [2.75, 3.05) is 4.72 Å². The van der Waals surface area contributed by atoms with Gasteiger partial charge in [-0.2, -0.15) is 13.2 Å². The van der Waals surface area contributed by atoms with Crippen molar-refractivity contribution in [3.05, 3.63) is 59.2 Å². The van der Waals surface area contributed by atoms with Gasteiger partial charge in [0.05, 0.1) is 16.1 Å². The maximum Gasteiger partial charge on any atom is 0.416 e. The van der Waals surface area contributed by atoms with E-state index in [-0.39, 0.29) is 16.1 Å². The molecule has 22 heavy (non-hydrogen) atoms. The van der Waals surface area contributed by atoms with Crippen molar-refractivity contribution in [3.8, 4) is 0 Å². The third-order valence-electron chi connectivity index (χ3n) is 3.21. The maximum atomic E-state index is 12.9. The number of nitrogens with one attached hydrogen (secondary N) is 1. The lowest BCUT2D eigenvalue weighted by molar-refractivity contribution is -0.138. The van der Waals surface area contributed by atoms with Crippen LogP contribution in [0.4, 0.5) is 18.9 Å². The summed E-state index contributed by atoms with van der Waals surface area (Å²) in [6.07, 6.45) is -4.53. The molecular weight excluding hydrogens is 315 g/mol. The van der Waals surface area contributed by atoms with Gasteiger partial charge in [0.1, 0.15) is 0 Å². The van der Waals surface area contributed by atoms with Crippen LogP contribution < -0.4 is 4.72 Å². The lowest BCUT2D eigenvalue weighted by Gasteiger charge is -2.15. The number of alkyl halides is 3. The molecule has 1 N–H and O–H groups in total. The van der Waals surface area contributed by atoms with Crippen LogP contribution in [-0.4, -0.2) is 8.42 Å². The maximum absolute atomic E-state index is 12.9. The van der Waals surface area contributed by atoms with E-state index in [2.05, 4.69) is 4.72 Å². The lowest BCUT2D eigenvalue weighted by atomic mass is 10.1. The van der Waals surface area contributed by atoms with E-state index < -0.39 is 21.8 Å². The molecule has 0 aliphatic heterocycles. The van der Waals surface area contributed by atoms with E-state index in [1.165, 1.54) is 31.2 Å². The van der Waals surface area contributed by atoms with Crippen molar-refractivity contribution in [1.82, 2.24) is 0 Å². The number of hydrogen-bond donors (Lipinski definition) is 1. The van der Waals surface area contributed by atoms with Crippen LogP contribution in [0.5, 0.6) is 0 Å². The van der Waals surface area contributed by atoms with E-state index >= 15 is 0 Å². The van der Waals surface area contributed by atoms with Gasteiger partial charge < -0.3 is 0 Å². The predicted molar refractivity (Wildman–Crippen MR) is 78.2 cm³/mol. The second-order valence-electron chi connectivity index (χ2n) is 4.89. The first-order valence-corrected chi connectivity index (χ1v) is 7.86.